The summed E-state index contributed by atoms with van der Waals surface area (Å²) in [6.45, 7) is 6.91. The number of amides is 1. The lowest BCUT2D eigenvalue weighted by atomic mass is 10.1. The van der Waals surface area contributed by atoms with E-state index in [0.29, 0.717) is 18.0 Å². The first-order chi connectivity index (χ1) is 9.20. The molecule has 0 spiro atoms. The second-order valence-corrected chi connectivity index (χ2v) is 4.84. The number of nitrogens with one attached hydrogen (secondary N) is 2. The molecule has 2 rings (SSSR count). The Labute approximate surface area is 113 Å². The van der Waals surface area contributed by atoms with Crippen LogP contribution in [-0.2, 0) is 4.74 Å². The highest BCUT2D eigenvalue weighted by atomic mass is 16.5. The lowest BCUT2D eigenvalue weighted by Crippen LogP contribution is -2.30. The fraction of sp³-hybridized carbons (Fsp3) is 0.571. The maximum atomic E-state index is 12.2. The Morgan fingerprint density at radius 2 is 2.42 bits per heavy atom. The van der Waals surface area contributed by atoms with Crippen molar-refractivity contribution in [1.29, 1.82) is 0 Å². The quantitative estimate of drug-likeness (QED) is 0.847. The SMILES string of the molecule is CCNc1cc(C)ncc1C(=O)NCC1CCOC1. The summed E-state index contributed by atoms with van der Waals surface area (Å²) < 4.78 is 5.30. The van der Waals surface area contributed by atoms with Crippen molar-refractivity contribution in [3.05, 3.63) is 23.5 Å². The summed E-state index contributed by atoms with van der Waals surface area (Å²) in [6.07, 6.45) is 2.65. The van der Waals surface area contributed by atoms with Gasteiger partial charge in [-0.05, 0) is 26.3 Å². The van der Waals surface area contributed by atoms with Crippen LogP contribution in [0.4, 0.5) is 5.69 Å². The molecule has 2 N–H and O–H groups in total. The number of aromatic nitrogens is 1. The molecule has 1 aromatic rings. The Hall–Kier alpha value is -1.62. The van der Waals surface area contributed by atoms with Crippen molar-refractivity contribution < 1.29 is 9.53 Å². The van der Waals surface area contributed by atoms with Crippen LogP contribution in [-0.4, -0.2) is 37.2 Å². The molecule has 1 saturated heterocycles. The van der Waals surface area contributed by atoms with Crippen molar-refractivity contribution >= 4 is 11.6 Å². The number of anilines is 1. The zero-order valence-electron chi connectivity index (χ0n) is 11.5. The first kappa shape index (κ1) is 13.8. The van der Waals surface area contributed by atoms with E-state index in [1.807, 2.05) is 19.9 Å². The molecule has 1 aliphatic heterocycles. The Balaban J connectivity index is 2.00. The normalized spacial score (nSPS) is 18.3. The minimum absolute atomic E-state index is 0.0737. The van der Waals surface area contributed by atoms with Crippen molar-refractivity contribution in [2.45, 2.75) is 20.3 Å². The molecule has 0 radical (unpaired) electrons. The summed E-state index contributed by atoms with van der Waals surface area (Å²) in [6, 6.07) is 1.90. The molecule has 1 atom stereocenters. The molecule has 1 amide bonds. The van der Waals surface area contributed by atoms with E-state index in [-0.39, 0.29) is 5.91 Å². The predicted octanol–water partition coefficient (Wildman–Crippen LogP) is 1.59. The van der Waals surface area contributed by atoms with Gasteiger partial charge in [0, 0.05) is 37.5 Å². The minimum atomic E-state index is -0.0737. The average Bonchev–Trinajstić information content (AvgIpc) is 2.90. The van der Waals surface area contributed by atoms with Gasteiger partial charge in [0.25, 0.3) is 5.91 Å². The molecule has 0 saturated carbocycles. The summed E-state index contributed by atoms with van der Waals surface area (Å²) in [5.41, 5.74) is 2.35. The van der Waals surface area contributed by atoms with Crippen LogP contribution < -0.4 is 10.6 Å². The van der Waals surface area contributed by atoms with Gasteiger partial charge in [-0.2, -0.15) is 0 Å². The Morgan fingerprint density at radius 3 is 3.11 bits per heavy atom. The molecule has 0 aliphatic carbocycles. The number of carbonyl (C=O) groups is 1. The van der Waals surface area contributed by atoms with Gasteiger partial charge in [-0.25, -0.2) is 0 Å². The molecule has 1 fully saturated rings. The Bertz CT molecular complexity index is 442. The third-order valence-electron chi connectivity index (χ3n) is 3.23. The number of aryl methyl sites for hydroxylation is 1. The van der Waals surface area contributed by atoms with E-state index in [1.54, 1.807) is 6.20 Å². The fourth-order valence-corrected chi connectivity index (χ4v) is 2.15. The number of carbonyl (C=O) groups excluding carboxylic acids is 1. The highest BCUT2D eigenvalue weighted by molar-refractivity contribution is 5.99. The molecular weight excluding hydrogens is 242 g/mol. The maximum Gasteiger partial charge on any atom is 0.254 e. The van der Waals surface area contributed by atoms with Crippen LogP contribution in [0.2, 0.25) is 0 Å². The lowest BCUT2D eigenvalue weighted by Gasteiger charge is -2.13. The zero-order chi connectivity index (χ0) is 13.7. The molecular formula is C14H21N3O2. The van der Waals surface area contributed by atoms with Crippen LogP contribution in [0.3, 0.4) is 0 Å². The fourth-order valence-electron chi connectivity index (χ4n) is 2.15. The van der Waals surface area contributed by atoms with Gasteiger partial charge in [-0.3, -0.25) is 9.78 Å². The van der Waals surface area contributed by atoms with Gasteiger partial charge in [0.2, 0.25) is 0 Å². The van der Waals surface area contributed by atoms with Gasteiger partial charge in [-0.1, -0.05) is 0 Å². The lowest BCUT2D eigenvalue weighted by molar-refractivity contribution is 0.0945. The highest BCUT2D eigenvalue weighted by Crippen LogP contribution is 2.16. The summed E-state index contributed by atoms with van der Waals surface area (Å²) in [5, 5.41) is 6.16. The van der Waals surface area contributed by atoms with Crippen LogP contribution in [0, 0.1) is 12.8 Å². The van der Waals surface area contributed by atoms with Gasteiger partial charge < -0.3 is 15.4 Å². The monoisotopic (exact) mass is 263 g/mol. The number of nitrogens with zero attached hydrogens (tertiary/aromatic N) is 1. The van der Waals surface area contributed by atoms with Crippen LogP contribution in [0.5, 0.6) is 0 Å². The standard InChI is InChI=1S/C14H21N3O2/c1-3-15-13-6-10(2)16-8-12(13)14(18)17-7-11-4-5-19-9-11/h6,8,11H,3-5,7,9H2,1-2H3,(H,15,16)(H,17,18). The zero-order valence-corrected chi connectivity index (χ0v) is 11.5. The van der Waals surface area contributed by atoms with E-state index in [0.717, 1.165) is 37.6 Å². The van der Waals surface area contributed by atoms with Gasteiger partial charge in [0.05, 0.1) is 17.9 Å². The van der Waals surface area contributed by atoms with Crippen LogP contribution >= 0.6 is 0 Å². The summed E-state index contributed by atoms with van der Waals surface area (Å²) >= 11 is 0. The molecule has 1 aromatic heterocycles. The Kier molecular flexibility index (Phi) is 4.74. The molecule has 19 heavy (non-hydrogen) atoms. The summed E-state index contributed by atoms with van der Waals surface area (Å²) in [7, 11) is 0. The van der Waals surface area contributed by atoms with Crippen molar-refractivity contribution in [1.82, 2.24) is 10.3 Å². The smallest absolute Gasteiger partial charge is 0.254 e. The predicted molar refractivity (Wildman–Crippen MR) is 74.4 cm³/mol. The molecule has 1 unspecified atom stereocenters. The van der Waals surface area contributed by atoms with E-state index < -0.39 is 0 Å². The topological polar surface area (TPSA) is 63.2 Å². The van der Waals surface area contributed by atoms with Crippen molar-refractivity contribution in [3.63, 3.8) is 0 Å². The molecule has 0 aromatic carbocycles. The first-order valence-corrected chi connectivity index (χ1v) is 6.77. The second-order valence-electron chi connectivity index (χ2n) is 4.84. The first-order valence-electron chi connectivity index (χ1n) is 6.77. The minimum Gasteiger partial charge on any atom is -0.385 e. The van der Waals surface area contributed by atoms with E-state index >= 15 is 0 Å². The van der Waals surface area contributed by atoms with Gasteiger partial charge in [0.15, 0.2) is 0 Å². The van der Waals surface area contributed by atoms with Crippen molar-refractivity contribution in [2.75, 3.05) is 31.6 Å². The van der Waals surface area contributed by atoms with Gasteiger partial charge >= 0.3 is 0 Å². The molecule has 2 heterocycles. The van der Waals surface area contributed by atoms with Crippen LogP contribution in [0.15, 0.2) is 12.3 Å². The van der Waals surface area contributed by atoms with Crippen molar-refractivity contribution in [2.24, 2.45) is 5.92 Å². The van der Waals surface area contributed by atoms with Crippen LogP contribution in [0.25, 0.3) is 0 Å². The number of hydrogen-bond acceptors (Lipinski definition) is 4. The number of rotatable bonds is 5. The summed E-state index contributed by atoms with van der Waals surface area (Å²) in [5.74, 6) is 0.361. The second kappa shape index (κ2) is 6.52. The van der Waals surface area contributed by atoms with E-state index in [1.165, 1.54) is 0 Å². The average molecular weight is 263 g/mol. The number of hydrogen-bond donors (Lipinski definition) is 2. The van der Waals surface area contributed by atoms with Gasteiger partial charge in [-0.15, -0.1) is 0 Å². The third-order valence-corrected chi connectivity index (χ3v) is 3.23. The molecule has 5 nitrogen and oxygen atoms in total. The van der Waals surface area contributed by atoms with E-state index in [9.17, 15) is 4.79 Å². The molecule has 104 valence electrons. The summed E-state index contributed by atoms with van der Waals surface area (Å²) in [4.78, 5) is 16.4. The van der Waals surface area contributed by atoms with Gasteiger partial charge in [0.1, 0.15) is 0 Å². The number of pyridine rings is 1. The van der Waals surface area contributed by atoms with E-state index in [4.69, 9.17) is 4.74 Å². The molecule has 5 heteroatoms. The highest BCUT2D eigenvalue weighted by Gasteiger charge is 2.18. The largest absolute Gasteiger partial charge is 0.385 e. The van der Waals surface area contributed by atoms with Crippen molar-refractivity contribution in [3.8, 4) is 0 Å². The number of ether oxygens (including phenoxy) is 1. The third kappa shape index (κ3) is 3.67. The van der Waals surface area contributed by atoms with Crippen LogP contribution in [0.1, 0.15) is 29.4 Å². The van der Waals surface area contributed by atoms with E-state index in [2.05, 4.69) is 15.6 Å². The Morgan fingerprint density at radius 1 is 1.58 bits per heavy atom. The molecule has 1 aliphatic rings. The molecule has 0 bridgehead atoms. The maximum absolute atomic E-state index is 12.2.